The van der Waals surface area contributed by atoms with Crippen LogP contribution in [0.4, 0.5) is 5.82 Å². The molecule has 0 spiro atoms. The fourth-order valence-corrected chi connectivity index (χ4v) is 2.49. The number of carbonyl (C=O) groups excluding carboxylic acids is 2. The molecule has 2 aromatic rings. The summed E-state index contributed by atoms with van der Waals surface area (Å²) in [4.78, 5) is 27.8. The van der Waals surface area contributed by atoms with Crippen molar-refractivity contribution < 1.29 is 23.8 Å². The molecule has 3 rings (SSSR count). The smallest absolute Gasteiger partial charge is 0.338 e. The van der Waals surface area contributed by atoms with E-state index in [9.17, 15) is 9.59 Å². The number of hydrogen-bond acceptors (Lipinski definition) is 6. The van der Waals surface area contributed by atoms with E-state index in [4.69, 9.17) is 37.4 Å². The van der Waals surface area contributed by atoms with Crippen LogP contribution in [0.15, 0.2) is 30.5 Å². The Hall–Kier alpha value is -2.51. The molecule has 1 aliphatic heterocycles. The monoisotopic (exact) mass is 382 g/mol. The molecule has 130 valence electrons. The number of hydrogen-bond donors (Lipinski definition) is 1. The highest BCUT2D eigenvalue weighted by atomic mass is 35.5. The van der Waals surface area contributed by atoms with Gasteiger partial charge in [0.1, 0.15) is 13.2 Å². The summed E-state index contributed by atoms with van der Waals surface area (Å²) < 4.78 is 15.7. The Labute approximate surface area is 152 Å². The Bertz CT molecular complexity index is 828. The molecule has 1 aromatic heterocycles. The van der Waals surface area contributed by atoms with Gasteiger partial charge in [-0.05, 0) is 24.3 Å². The van der Waals surface area contributed by atoms with Crippen LogP contribution < -0.4 is 14.8 Å². The largest absolute Gasteiger partial charge is 0.486 e. The van der Waals surface area contributed by atoms with Crippen LogP contribution in [-0.4, -0.2) is 36.7 Å². The summed E-state index contributed by atoms with van der Waals surface area (Å²) in [5.41, 5.74) is 0.250. The molecule has 25 heavy (non-hydrogen) atoms. The normalized spacial score (nSPS) is 12.4. The van der Waals surface area contributed by atoms with Crippen LogP contribution >= 0.6 is 23.2 Å². The molecule has 9 heteroatoms. The maximum Gasteiger partial charge on any atom is 0.338 e. The zero-order chi connectivity index (χ0) is 17.8. The highest BCUT2D eigenvalue weighted by Crippen LogP contribution is 2.31. The van der Waals surface area contributed by atoms with Gasteiger partial charge in [0, 0.05) is 6.20 Å². The van der Waals surface area contributed by atoms with Gasteiger partial charge in [-0.25, -0.2) is 9.78 Å². The number of rotatable bonds is 4. The van der Waals surface area contributed by atoms with Crippen LogP contribution in [0.25, 0.3) is 0 Å². The van der Waals surface area contributed by atoms with E-state index >= 15 is 0 Å². The molecule has 0 fully saturated rings. The number of aromatic nitrogens is 1. The lowest BCUT2D eigenvalue weighted by molar-refractivity contribution is -0.119. The molecule has 0 bridgehead atoms. The van der Waals surface area contributed by atoms with E-state index in [0.29, 0.717) is 29.7 Å². The van der Waals surface area contributed by atoms with Gasteiger partial charge in [0.2, 0.25) is 0 Å². The fourth-order valence-electron chi connectivity index (χ4n) is 2.06. The van der Waals surface area contributed by atoms with Crippen molar-refractivity contribution in [3.63, 3.8) is 0 Å². The molecular formula is C16H12Cl2N2O5. The lowest BCUT2D eigenvalue weighted by Crippen LogP contribution is -2.22. The number of anilines is 1. The number of fused-ring (bicyclic) bond motifs is 1. The zero-order valence-electron chi connectivity index (χ0n) is 12.8. The molecule has 2 heterocycles. The van der Waals surface area contributed by atoms with E-state index in [1.54, 1.807) is 6.07 Å². The van der Waals surface area contributed by atoms with Crippen LogP contribution in [-0.2, 0) is 9.53 Å². The van der Waals surface area contributed by atoms with E-state index in [-0.39, 0.29) is 16.4 Å². The van der Waals surface area contributed by atoms with Crippen LogP contribution in [0.2, 0.25) is 10.0 Å². The van der Waals surface area contributed by atoms with Crippen molar-refractivity contribution in [2.24, 2.45) is 0 Å². The van der Waals surface area contributed by atoms with Gasteiger partial charge in [-0.1, -0.05) is 23.2 Å². The van der Waals surface area contributed by atoms with E-state index in [2.05, 4.69) is 10.3 Å². The van der Waals surface area contributed by atoms with Gasteiger partial charge in [-0.3, -0.25) is 4.79 Å². The van der Waals surface area contributed by atoms with Crippen molar-refractivity contribution >= 4 is 40.9 Å². The van der Waals surface area contributed by atoms with Crippen molar-refractivity contribution in [1.82, 2.24) is 4.98 Å². The first-order chi connectivity index (χ1) is 12.0. The zero-order valence-corrected chi connectivity index (χ0v) is 14.3. The molecule has 1 N–H and O–H groups in total. The Balaban J connectivity index is 1.57. The van der Waals surface area contributed by atoms with E-state index in [1.165, 1.54) is 24.4 Å². The first kappa shape index (κ1) is 17.3. The molecule has 1 aliphatic rings. The Morgan fingerprint density at radius 1 is 1.16 bits per heavy atom. The minimum Gasteiger partial charge on any atom is -0.486 e. The minimum absolute atomic E-state index is 0.131. The Morgan fingerprint density at radius 3 is 2.68 bits per heavy atom. The maximum absolute atomic E-state index is 12.0. The average Bonchev–Trinajstić information content (AvgIpc) is 2.61. The minimum atomic E-state index is -0.665. The fraction of sp³-hybridized carbons (Fsp3) is 0.188. The lowest BCUT2D eigenvalue weighted by atomic mass is 10.2. The molecule has 0 atom stereocenters. The Morgan fingerprint density at radius 2 is 1.92 bits per heavy atom. The predicted molar refractivity (Wildman–Crippen MR) is 90.6 cm³/mol. The van der Waals surface area contributed by atoms with Gasteiger partial charge in [-0.2, -0.15) is 0 Å². The van der Waals surface area contributed by atoms with Gasteiger partial charge in [0.15, 0.2) is 23.9 Å². The number of nitrogens with one attached hydrogen (secondary N) is 1. The number of nitrogens with zero attached hydrogens (tertiary/aromatic N) is 1. The number of carbonyl (C=O) groups is 2. The van der Waals surface area contributed by atoms with Crippen LogP contribution in [0, 0.1) is 0 Å². The third-order valence-corrected chi connectivity index (χ3v) is 3.67. The topological polar surface area (TPSA) is 86.8 Å². The van der Waals surface area contributed by atoms with Gasteiger partial charge >= 0.3 is 5.97 Å². The van der Waals surface area contributed by atoms with Crippen LogP contribution in [0.5, 0.6) is 11.5 Å². The highest BCUT2D eigenvalue weighted by Gasteiger charge is 2.17. The van der Waals surface area contributed by atoms with Crippen molar-refractivity contribution in [3.8, 4) is 11.5 Å². The van der Waals surface area contributed by atoms with Crippen molar-refractivity contribution in [1.29, 1.82) is 0 Å². The molecule has 0 saturated carbocycles. The second-order valence-corrected chi connectivity index (χ2v) is 5.81. The number of ether oxygens (including phenoxy) is 3. The second kappa shape index (κ2) is 7.58. The summed E-state index contributed by atoms with van der Waals surface area (Å²) in [5.74, 6) is -0.0948. The van der Waals surface area contributed by atoms with Gasteiger partial charge in [0.25, 0.3) is 5.91 Å². The summed E-state index contributed by atoms with van der Waals surface area (Å²) in [6, 6.07) is 6.09. The molecule has 0 unspecified atom stereocenters. The molecule has 0 aliphatic carbocycles. The predicted octanol–water partition coefficient (Wildman–Crippen LogP) is 2.96. The Kier molecular flexibility index (Phi) is 5.25. The number of esters is 1. The molecule has 1 amide bonds. The number of pyridine rings is 1. The van der Waals surface area contributed by atoms with Gasteiger partial charge < -0.3 is 19.5 Å². The van der Waals surface area contributed by atoms with Crippen molar-refractivity contribution in [2.45, 2.75) is 0 Å². The SMILES string of the molecule is O=C(COC(=O)c1ccc2c(c1)OCCO2)Nc1ncc(Cl)cc1Cl. The quantitative estimate of drug-likeness (QED) is 0.817. The second-order valence-electron chi connectivity index (χ2n) is 4.97. The summed E-state index contributed by atoms with van der Waals surface area (Å²) >= 11 is 11.6. The first-order valence-electron chi connectivity index (χ1n) is 7.20. The first-order valence-corrected chi connectivity index (χ1v) is 7.96. The van der Waals surface area contributed by atoms with E-state index in [1.807, 2.05) is 0 Å². The van der Waals surface area contributed by atoms with Crippen molar-refractivity contribution in [3.05, 3.63) is 46.1 Å². The third-order valence-electron chi connectivity index (χ3n) is 3.18. The highest BCUT2D eigenvalue weighted by molar-refractivity contribution is 6.36. The maximum atomic E-state index is 12.0. The summed E-state index contributed by atoms with van der Waals surface area (Å²) in [6.45, 7) is 0.370. The van der Waals surface area contributed by atoms with Crippen LogP contribution in [0.3, 0.4) is 0 Å². The van der Waals surface area contributed by atoms with E-state index in [0.717, 1.165) is 0 Å². The molecule has 7 nitrogen and oxygen atoms in total. The van der Waals surface area contributed by atoms with Gasteiger partial charge in [-0.15, -0.1) is 0 Å². The summed E-state index contributed by atoms with van der Waals surface area (Å²) in [6.07, 6.45) is 1.34. The lowest BCUT2D eigenvalue weighted by Gasteiger charge is -2.18. The number of benzene rings is 1. The standard InChI is InChI=1S/C16H12Cl2N2O5/c17-10-6-11(18)15(19-7-10)20-14(21)8-25-16(22)9-1-2-12-13(5-9)24-4-3-23-12/h1-2,5-7H,3-4,8H2,(H,19,20,21). The van der Waals surface area contributed by atoms with Crippen molar-refractivity contribution in [2.75, 3.05) is 25.1 Å². The van der Waals surface area contributed by atoms with E-state index < -0.39 is 18.5 Å². The number of amides is 1. The average molecular weight is 383 g/mol. The summed E-state index contributed by atoms with van der Waals surface area (Å²) in [5, 5.41) is 2.95. The molecule has 0 saturated heterocycles. The molecule has 1 aromatic carbocycles. The van der Waals surface area contributed by atoms with Gasteiger partial charge in [0.05, 0.1) is 15.6 Å². The van der Waals surface area contributed by atoms with Crippen LogP contribution in [0.1, 0.15) is 10.4 Å². The summed E-state index contributed by atoms with van der Waals surface area (Å²) in [7, 11) is 0. The number of halogens is 2. The molecule has 0 radical (unpaired) electrons. The third kappa shape index (κ3) is 4.32. The molecular weight excluding hydrogens is 371 g/mol.